The molecule has 1 atom stereocenters. The Morgan fingerprint density at radius 3 is 2.74 bits per heavy atom. The number of likely N-dealkylation sites (N-methyl/N-ethyl adjacent to an activating group) is 1. The molecule has 1 heterocycles. The lowest BCUT2D eigenvalue weighted by Crippen LogP contribution is -2.37. The SMILES string of the molecule is CCCNCC1CCN(CCN(C)C2CCCC2)C1. The second-order valence-electron chi connectivity index (χ2n) is 6.58. The summed E-state index contributed by atoms with van der Waals surface area (Å²) < 4.78 is 0. The molecule has 0 bridgehead atoms. The van der Waals surface area contributed by atoms with Crippen molar-refractivity contribution in [2.75, 3.05) is 46.3 Å². The molecule has 0 aromatic rings. The summed E-state index contributed by atoms with van der Waals surface area (Å²) >= 11 is 0. The van der Waals surface area contributed by atoms with Crippen LogP contribution in [0.5, 0.6) is 0 Å². The summed E-state index contributed by atoms with van der Waals surface area (Å²) in [5.74, 6) is 0.892. The minimum Gasteiger partial charge on any atom is -0.316 e. The van der Waals surface area contributed by atoms with Crippen molar-refractivity contribution in [3.8, 4) is 0 Å². The maximum atomic E-state index is 3.57. The van der Waals surface area contributed by atoms with Crippen molar-refractivity contribution < 1.29 is 0 Å². The Hall–Kier alpha value is -0.120. The molecule has 1 aliphatic heterocycles. The fourth-order valence-electron chi connectivity index (χ4n) is 3.59. The van der Waals surface area contributed by atoms with E-state index in [1.807, 2.05) is 0 Å². The smallest absolute Gasteiger partial charge is 0.0109 e. The van der Waals surface area contributed by atoms with Gasteiger partial charge in [-0.15, -0.1) is 0 Å². The van der Waals surface area contributed by atoms with Crippen LogP contribution < -0.4 is 5.32 Å². The Morgan fingerprint density at radius 2 is 2.00 bits per heavy atom. The Morgan fingerprint density at radius 1 is 1.21 bits per heavy atom. The van der Waals surface area contributed by atoms with E-state index in [0.29, 0.717) is 0 Å². The van der Waals surface area contributed by atoms with Crippen LogP contribution in [-0.4, -0.2) is 62.2 Å². The van der Waals surface area contributed by atoms with Crippen LogP contribution in [0.1, 0.15) is 45.4 Å². The van der Waals surface area contributed by atoms with Gasteiger partial charge in [0.1, 0.15) is 0 Å². The van der Waals surface area contributed by atoms with Crippen LogP contribution in [-0.2, 0) is 0 Å². The molecule has 0 amide bonds. The highest BCUT2D eigenvalue weighted by Gasteiger charge is 2.23. The summed E-state index contributed by atoms with van der Waals surface area (Å²) in [6.45, 7) is 9.82. The summed E-state index contributed by atoms with van der Waals surface area (Å²) in [4.78, 5) is 5.28. The Bertz CT molecular complexity index is 238. The van der Waals surface area contributed by atoms with Crippen LogP contribution in [0.4, 0.5) is 0 Å². The van der Waals surface area contributed by atoms with Gasteiger partial charge in [0.05, 0.1) is 0 Å². The third-order valence-electron chi connectivity index (χ3n) is 4.95. The third kappa shape index (κ3) is 5.05. The van der Waals surface area contributed by atoms with Crippen molar-refractivity contribution in [2.45, 2.75) is 51.5 Å². The fourth-order valence-corrected chi connectivity index (χ4v) is 3.59. The van der Waals surface area contributed by atoms with E-state index in [1.165, 1.54) is 77.8 Å². The summed E-state index contributed by atoms with van der Waals surface area (Å²) in [6.07, 6.45) is 8.40. The molecule has 1 saturated heterocycles. The molecule has 0 aromatic carbocycles. The van der Waals surface area contributed by atoms with Gasteiger partial charge in [-0.2, -0.15) is 0 Å². The minimum absolute atomic E-state index is 0.879. The Balaban J connectivity index is 1.56. The topological polar surface area (TPSA) is 18.5 Å². The minimum atomic E-state index is 0.879. The van der Waals surface area contributed by atoms with E-state index in [1.54, 1.807) is 0 Å². The van der Waals surface area contributed by atoms with E-state index in [9.17, 15) is 0 Å². The van der Waals surface area contributed by atoms with Crippen LogP contribution >= 0.6 is 0 Å². The molecule has 0 aromatic heterocycles. The summed E-state index contributed by atoms with van der Waals surface area (Å²) in [7, 11) is 2.33. The van der Waals surface area contributed by atoms with Gasteiger partial charge in [0.2, 0.25) is 0 Å². The zero-order chi connectivity index (χ0) is 13.5. The highest BCUT2D eigenvalue weighted by Crippen LogP contribution is 2.22. The molecule has 0 radical (unpaired) electrons. The zero-order valence-corrected chi connectivity index (χ0v) is 13.0. The van der Waals surface area contributed by atoms with Crippen molar-refractivity contribution in [1.29, 1.82) is 0 Å². The average molecular weight is 267 g/mol. The monoisotopic (exact) mass is 267 g/mol. The van der Waals surface area contributed by atoms with Crippen LogP contribution in [0.2, 0.25) is 0 Å². The first-order valence-electron chi connectivity index (χ1n) is 8.43. The molecule has 19 heavy (non-hydrogen) atoms. The van der Waals surface area contributed by atoms with Crippen LogP contribution in [0, 0.1) is 5.92 Å². The second-order valence-corrected chi connectivity index (χ2v) is 6.58. The molecule has 1 aliphatic carbocycles. The average Bonchev–Trinajstić information content (AvgIpc) is 3.08. The molecule has 1 saturated carbocycles. The highest BCUT2D eigenvalue weighted by atomic mass is 15.2. The van der Waals surface area contributed by atoms with Crippen LogP contribution in [0.25, 0.3) is 0 Å². The van der Waals surface area contributed by atoms with Gasteiger partial charge in [0, 0.05) is 25.7 Å². The molecule has 2 rings (SSSR count). The normalized spacial score (nSPS) is 25.7. The maximum Gasteiger partial charge on any atom is 0.0109 e. The molecule has 1 unspecified atom stereocenters. The van der Waals surface area contributed by atoms with Crippen molar-refractivity contribution in [3.63, 3.8) is 0 Å². The molecule has 1 N–H and O–H groups in total. The van der Waals surface area contributed by atoms with Gasteiger partial charge >= 0.3 is 0 Å². The molecular weight excluding hydrogens is 234 g/mol. The molecule has 2 fully saturated rings. The van der Waals surface area contributed by atoms with E-state index in [2.05, 4.69) is 29.1 Å². The Labute approximate surface area is 119 Å². The number of nitrogens with zero attached hydrogens (tertiary/aromatic N) is 2. The maximum absolute atomic E-state index is 3.57. The Kier molecular flexibility index (Phi) is 6.62. The van der Waals surface area contributed by atoms with Gasteiger partial charge < -0.3 is 15.1 Å². The summed E-state index contributed by atoms with van der Waals surface area (Å²) in [5.41, 5.74) is 0. The number of nitrogens with one attached hydrogen (secondary N) is 1. The van der Waals surface area contributed by atoms with Crippen molar-refractivity contribution in [3.05, 3.63) is 0 Å². The summed E-state index contributed by atoms with van der Waals surface area (Å²) in [6, 6.07) is 0.879. The number of hydrogen-bond acceptors (Lipinski definition) is 3. The summed E-state index contributed by atoms with van der Waals surface area (Å²) in [5, 5.41) is 3.57. The van der Waals surface area contributed by atoms with Gasteiger partial charge in [-0.3, -0.25) is 0 Å². The number of rotatable bonds is 8. The second kappa shape index (κ2) is 8.23. The molecule has 2 aliphatic rings. The van der Waals surface area contributed by atoms with Crippen molar-refractivity contribution in [1.82, 2.24) is 15.1 Å². The number of likely N-dealkylation sites (tertiary alicyclic amines) is 1. The van der Waals surface area contributed by atoms with Crippen molar-refractivity contribution >= 4 is 0 Å². The number of hydrogen-bond donors (Lipinski definition) is 1. The lowest BCUT2D eigenvalue weighted by molar-refractivity contribution is 0.204. The molecule has 112 valence electrons. The first-order chi connectivity index (χ1) is 9.29. The predicted octanol–water partition coefficient (Wildman–Crippen LogP) is 2.18. The lowest BCUT2D eigenvalue weighted by Gasteiger charge is -2.26. The van der Waals surface area contributed by atoms with Crippen molar-refractivity contribution in [2.24, 2.45) is 5.92 Å². The van der Waals surface area contributed by atoms with Gasteiger partial charge in [0.25, 0.3) is 0 Å². The third-order valence-corrected chi connectivity index (χ3v) is 4.95. The van der Waals surface area contributed by atoms with Gasteiger partial charge in [-0.1, -0.05) is 19.8 Å². The van der Waals surface area contributed by atoms with Gasteiger partial charge in [-0.25, -0.2) is 0 Å². The van der Waals surface area contributed by atoms with Crippen LogP contribution in [0.15, 0.2) is 0 Å². The predicted molar refractivity (Wildman–Crippen MR) is 82.6 cm³/mol. The van der Waals surface area contributed by atoms with E-state index >= 15 is 0 Å². The van der Waals surface area contributed by atoms with E-state index in [4.69, 9.17) is 0 Å². The standard InChI is InChI=1S/C16H33N3/c1-3-9-17-13-15-8-10-19(14-15)12-11-18(2)16-6-4-5-7-16/h15-17H,3-14H2,1-2H3. The zero-order valence-electron chi connectivity index (χ0n) is 13.0. The van der Waals surface area contributed by atoms with Crippen LogP contribution in [0.3, 0.4) is 0 Å². The van der Waals surface area contributed by atoms with Gasteiger partial charge in [0.15, 0.2) is 0 Å². The van der Waals surface area contributed by atoms with E-state index in [-0.39, 0.29) is 0 Å². The van der Waals surface area contributed by atoms with E-state index < -0.39 is 0 Å². The molecule has 3 heteroatoms. The van der Waals surface area contributed by atoms with Gasteiger partial charge in [-0.05, 0) is 58.3 Å². The fraction of sp³-hybridized carbons (Fsp3) is 1.00. The highest BCUT2D eigenvalue weighted by molar-refractivity contribution is 4.80. The molecule has 0 spiro atoms. The first-order valence-corrected chi connectivity index (χ1v) is 8.43. The largest absolute Gasteiger partial charge is 0.316 e. The lowest BCUT2D eigenvalue weighted by atomic mass is 10.1. The first kappa shape index (κ1) is 15.3. The quantitative estimate of drug-likeness (QED) is 0.680. The van der Waals surface area contributed by atoms with E-state index in [0.717, 1.165) is 12.0 Å². The molecule has 3 nitrogen and oxygen atoms in total. The molecular formula is C16H33N3.